The van der Waals surface area contributed by atoms with E-state index in [1.54, 1.807) is 26.2 Å². The quantitative estimate of drug-likeness (QED) is 0.881. The van der Waals surface area contributed by atoms with Gasteiger partial charge in [-0.2, -0.15) is 0 Å². The summed E-state index contributed by atoms with van der Waals surface area (Å²) in [6, 6.07) is 8.39. The van der Waals surface area contributed by atoms with E-state index in [9.17, 15) is 9.59 Å². The van der Waals surface area contributed by atoms with Gasteiger partial charge in [0.25, 0.3) is 5.91 Å². The Hall–Kier alpha value is -2.11. The van der Waals surface area contributed by atoms with Gasteiger partial charge in [0.05, 0.1) is 6.04 Å². The molecule has 0 saturated carbocycles. The first-order chi connectivity index (χ1) is 9.99. The van der Waals surface area contributed by atoms with Gasteiger partial charge >= 0.3 is 0 Å². The van der Waals surface area contributed by atoms with Gasteiger partial charge in [0.1, 0.15) is 6.04 Å². The van der Waals surface area contributed by atoms with E-state index < -0.39 is 12.1 Å². The number of benzene rings is 1. The van der Waals surface area contributed by atoms with Gasteiger partial charge in [0, 0.05) is 13.2 Å². The molecule has 2 amide bonds. The zero-order valence-corrected chi connectivity index (χ0v) is 13.3. The van der Waals surface area contributed by atoms with Crippen LogP contribution in [0.3, 0.4) is 0 Å². The van der Waals surface area contributed by atoms with Crippen LogP contribution in [0.1, 0.15) is 12.5 Å². The van der Waals surface area contributed by atoms with E-state index in [-0.39, 0.29) is 24.2 Å². The summed E-state index contributed by atoms with van der Waals surface area (Å²) in [6.45, 7) is 1.58. The summed E-state index contributed by atoms with van der Waals surface area (Å²) in [5, 5.41) is 2.64. The molecule has 1 unspecified atom stereocenters. The average molecular weight is 322 g/mol. The monoisotopic (exact) mass is 321 g/mol. The molecule has 3 N–H and O–H groups in total. The van der Waals surface area contributed by atoms with Crippen LogP contribution in [-0.4, -0.2) is 35.8 Å². The molecular weight excluding hydrogens is 302 g/mol. The van der Waals surface area contributed by atoms with E-state index in [1.165, 1.54) is 4.90 Å². The average Bonchev–Trinajstić information content (AvgIpc) is 2.61. The van der Waals surface area contributed by atoms with Crippen LogP contribution in [0.15, 0.2) is 48.7 Å². The Balaban J connectivity index is 0.00000242. The normalized spacial score (nSPS) is 18.9. The Morgan fingerprint density at radius 1 is 1.32 bits per heavy atom. The first-order valence-corrected chi connectivity index (χ1v) is 6.77. The van der Waals surface area contributed by atoms with Gasteiger partial charge in [-0.1, -0.05) is 42.5 Å². The van der Waals surface area contributed by atoms with Gasteiger partial charge in [-0.05, 0) is 18.1 Å². The lowest BCUT2D eigenvalue weighted by molar-refractivity contribution is -0.132. The number of carbonyl (C=O) groups is 2. The Labute approximate surface area is 136 Å². The second kappa shape index (κ2) is 7.77. The largest absolute Gasteiger partial charge is 0.340 e. The predicted octanol–water partition coefficient (Wildman–Crippen LogP) is 1.31. The summed E-state index contributed by atoms with van der Waals surface area (Å²) < 4.78 is 0. The highest BCUT2D eigenvalue weighted by molar-refractivity contribution is 5.93. The second-order valence-corrected chi connectivity index (χ2v) is 5.03. The minimum atomic E-state index is -0.703. The summed E-state index contributed by atoms with van der Waals surface area (Å²) in [4.78, 5) is 25.4. The van der Waals surface area contributed by atoms with Crippen LogP contribution in [-0.2, 0) is 9.59 Å². The van der Waals surface area contributed by atoms with E-state index in [1.807, 2.05) is 36.4 Å². The zero-order valence-electron chi connectivity index (χ0n) is 12.5. The fourth-order valence-electron chi connectivity index (χ4n) is 2.01. The molecule has 1 heterocycles. The highest BCUT2D eigenvalue weighted by atomic mass is 35.5. The molecule has 2 rings (SSSR count). The Morgan fingerprint density at radius 3 is 2.55 bits per heavy atom. The summed E-state index contributed by atoms with van der Waals surface area (Å²) in [5.74, 6) is -0.555. The number of hydrogen-bond acceptors (Lipinski definition) is 3. The maximum atomic E-state index is 12.3. The van der Waals surface area contributed by atoms with Crippen molar-refractivity contribution in [3.8, 4) is 0 Å². The molecule has 1 aliphatic rings. The number of likely N-dealkylation sites (N-methyl/N-ethyl adjacent to an activating group) is 1. The minimum Gasteiger partial charge on any atom is -0.340 e. The molecule has 0 aromatic heterocycles. The third kappa shape index (κ3) is 4.19. The lowest BCUT2D eigenvalue weighted by Gasteiger charge is -2.19. The fraction of sp³-hybridized carbons (Fsp3) is 0.250. The van der Waals surface area contributed by atoms with Gasteiger partial charge in [0.15, 0.2) is 0 Å². The Bertz CT molecular complexity index is 597. The molecule has 1 aliphatic heterocycles. The van der Waals surface area contributed by atoms with Crippen LogP contribution in [0.5, 0.6) is 0 Å². The van der Waals surface area contributed by atoms with E-state index in [0.717, 1.165) is 11.1 Å². The summed E-state index contributed by atoms with van der Waals surface area (Å²) >= 11 is 0. The van der Waals surface area contributed by atoms with Crippen LogP contribution >= 0.6 is 12.4 Å². The van der Waals surface area contributed by atoms with Gasteiger partial charge in [0.2, 0.25) is 5.91 Å². The first-order valence-electron chi connectivity index (χ1n) is 6.77. The van der Waals surface area contributed by atoms with E-state index in [0.29, 0.717) is 0 Å². The fourth-order valence-corrected chi connectivity index (χ4v) is 2.01. The SMILES string of the molecule is C[C@H](N)C(=O)NC1C=CC(c2ccccc2)=CN(C)C1=O.Cl. The molecule has 5 nitrogen and oxygen atoms in total. The molecule has 0 aliphatic carbocycles. The number of amides is 2. The number of allylic oxidation sites excluding steroid dienone is 2. The zero-order chi connectivity index (χ0) is 15.4. The number of rotatable bonds is 3. The van der Waals surface area contributed by atoms with Gasteiger partial charge in [-0.25, -0.2) is 0 Å². The summed E-state index contributed by atoms with van der Waals surface area (Å²) in [7, 11) is 1.67. The van der Waals surface area contributed by atoms with E-state index >= 15 is 0 Å². The molecule has 1 aromatic rings. The molecule has 0 spiro atoms. The molecule has 118 valence electrons. The van der Waals surface area contributed by atoms with Crippen molar-refractivity contribution in [1.29, 1.82) is 0 Å². The number of nitrogens with one attached hydrogen (secondary N) is 1. The summed E-state index contributed by atoms with van der Waals surface area (Å²) in [5.41, 5.74) is 7.43. The number of nitrogens with two attached hydrogens (primary N) is 1. The van der Waals surface area contributed by atoms with Crippen molar-refractivity contribution in [2.45, 2.75) is 19.0 Å². The van der Waals surface area contributed by atoms with Crippen LogP contribution in [0.2, 0.25) is 0 Å². The van der Waals surface area contributed by atoms with Crippen molar-refractivity contribution < 1.29 is 9.59 Å². The third-order valence-corrected chi connectivity index (χ3v) is 3.23. The predicted molar refractivity (Wildman–Crippen MR) is 89.2 cm³/mol. The lowest BCUT2D eigenvalue weighted by atomic mass is 10.1. The smallest absolute Gasteiger partial charge is 0.252 e. The maximum absolute atomic E-state index is 12.3. The molecule has 0 fully saturated rings. The molecule has 0 radical (unpaired) electrons. The number of halogens is 1. The molecule has 6 heteroatoms. The molecule has 0 saturated heterocycles. The number of nitrogens with zero attached hydrogens (tertiary/aromatic N) is 1. The first kappa shape index (κ1) is 17.9. The van der Waals surface area contributed by atoms with E-state index in [2.05, 4.69) is 5.32 Å². The summed E-state index contributed by atoms with van der Waals surface area (Å²) in [6.07, 6.45) is 5.28. The Kier molecular flexibility index (Phi) is 6.34. The van der Waals surface area contributed by atoms with Crippen LogP contribution in [0.25, 0.3) is 5.57 Å². The van der Waals surface area contributed by atoms with Gasteiger partial charge < -0.3 is 16.0 Å². The maximum Gasteiger partial charge on any atom is 0.252 e. The van der Waals surface area contributed by atoms with Crippen LogP contribution < -0.4 is 11.1 Å². The van der Waals surface area contributed by atoms with Gasteiger partial charge in [-0.3, -0.25) is 9.59 Å². The standard InChI is InChI=1S/C16H19N3O2.ClH/c1-11(17)15(20)18-14-9-8-13(10-19(2)16(14)21)12-6-4-3-5-7-12;/h3-11,14H,17H2,1-2H3,(H,18,20);1H/t11-,14?;/m0./s1. The highest BCUT2D eigenvalue weighted by Gasteiger charge is 2.24. The molecule has 0 bridgehead atoms. The molecule has 2 atom stereocenters. The van der Waals surface area contributed by atoms with Crippen molar-refractivity contribution in [1.82, 2.24) is 10.2 Å². The van der Waals surface area contributed by atoms with Crippen molar-refractivity contribution in [3.63, 3.8) is 0 Å². The molecule has 1 aromatic carbocycles. The Morgan fingerprint density at radius 2 is 1.95 bits per heavy atom. The topological polar surface area (TPSA) is 75.4 Å². The van der Waals surface area contributed by atoms with Crippen molar-refractivity contribution >= 4 is 29.8 Å². The molecular formula is C16H20ClN3O2. The lowest BCUT2D eigenvalue weighted by Crippen LogP contribution is -2.49. The highest BCUT2D eigenvalue weighted by Crippen LogP contribution is 2.19. The van der Waals surface area contributed by atoms with Crippen LogP contribution in [0, 0.1) is 0 Å². The third-order valence-electron chi connectivity index (χ3n) is 3.23. The van der Waals surface area contributed by atoms with Crippen molar-refractivity contribution in [3.05, 3.63) is 54.2 Å². The van der Waals surface area contributed by atoms with Crippen LogP contribution in [0.4, 0.5) is 0 Å². The minimum absolute atomic E-state index is 0. The van der Waals surface area contributed by atoms with Crippen molar-refractivity contribution in [2.75, 3.05) is 7.05 Å². The van der Waals surface area contributed by atoms with Crippen molar-refractivity contribution in [2.24, 2.45) is 5.73 Å². The second-order valence-electron chi connectivity index (χ2n) is 5.03. The number of hydrogen-bond donors (Lipinski definition) is 2. The van der Waals surface area contributed by atoms with Gasteiger partial charge in [-0.15, -0.1) is 12.4 Å². The molecule has 22 heavy (non-hydrogen) atoms. The van der Waals surface area contributed by atoms with E-state index in [4.69, 9.17) is 5.73 Å². The number of carbonyl (C=O) groups excluding carboxylic acids is 2.